The molecule has 4 N–H and O–H groups in total. The number of hydrogen-bond donors (Lipinski definition) is 2. The summed E-state index contributed by atoms with van der Waals surface area (Å²) in [6.45, 7) is 3.20. The molecule has 7 nitrogen and oxygen atoms in total. The van der Waals surface area contributed by atoms with Gasteiger partial charge in [0.25, 0.3) is 0 Å². The summed E-state index contributed by atoms with van der Waals surface area (Å²) in [5.41, 5.74) is 11.0. The minimum atomic E-state index is -0.568. The normalized spacial score (nSPS) is 19.0. The van der Waals surface area contributed by atoms with Gasteiger partial charge in [-0.1, -0.05) is 0 Å². The van der Waals surface area contributed by atoms with Crippen molar-refractivity contribution >= 4 is 18.1 Å². The number of carbonyl (C=O) groups excluding carboxylic acids is 3. The first-order valence-corrected chi connectivity index (χ1v) is 7.98. The number of likely N-dealkylation sites (N-methyl/N-ethyl adjacent to an activating group) is 1. The van der Waals surface area contributed by atoms with Gasteiger partial charge in [0.05, 0.1) is 12.6 Å². The van der Waals surface area contributed by atoms with E-state index >= 15 is 0 Å². The predicted molar refractivity (Wildman–Crippen MR) is 83.6 cm³/mol. The van der Waals surface area contributed by atoms with Crippen LogP contribution in [0.15, 0.2) is 0 Å². The second-order valence-corrected chi connectivity index (χ2v) is 5.49. The highest BCUT2D eigenvalue weighted by Crippen LogP contribution is 2.20. The summed E-state index contributed by atoms with van der Waals surface area (Å²) in [6.07, 6.45) is 5.44. The summed E-state index contributed by atoms with van der Waals surface area (Å²) < 4.78 is 0. The zero-order valence-electron chi connectivity index (χ0n) is 13.3. The van der Waals surface area contributed by atoms with E-state index in [0.717, 1.165) is 19.3 Å². The van der Waals surface area contributed by atoms with Gasteiger partial charge < -0.3 is 21.3 Å². The Labute approximate surface area is 132 Å². The molecular formula is C15H27N4O3. The molecule has 0 aliphatic carbocycles. The molecule has 0 unspecified atom stereocenters. The SMILES string of the molecule is CCN(C(=O)CN)[C@@H](CCCCN)C(=O)N1CCC[C@H]1[C]=O. The van der Waals surface area contributed by atoms with Crippen LogP contribution in [0.3, 0.4) is 0 Å². The summed E-state index contributed by atoms with van der Waals surface area (Å²) in [5, 5.41) is 0. The largest absolute Gasteiger partial charge is 0.330 e. The quantitative estimate of drug-likeness (QED) is 0.552. The van der Waals surface area contributed by atoms with E-state index in [9.17, 15) is 14.4 Å². The minimum absolute atomic E-state index is 0.127. The predicted octanol–water partition coefficient (Wildman–Crippen LogP) is -0.608. The highest BCUT2D eigenvalue weighted by molar-refractivity contribution is 5.90. The molecule has 22 heavy (non-hydrogen) atoms. The maximum absolute atomic E-state index is 12.8. The maximum atomic E-state index is 12.8. The number of nitrogens with two attached hydrogens (primary N) is 2. The summed E-state index contributed by atoms with van der Waals surface area (Å²) in [6, 6.07) is -1.06. The van der Waals surface area contributed by atoms with Gasteiger partial charge in [-0.05, 0) is 45.6 Å². The van der Waals surface area contributed by atoms with Gasteiger partial charge in [-0.2, -0.15) is 0 Å². The molecule has 2 amide bonds. The Hall–Kier alpha value is -1.47. The molecule has 1 fully saturated rings. The van der Waals surface area contributed by atoms with Crippen molar-refractivity contribution in [1.82, 2.24) is 9.80 Å². The summed E-state index contributed by atoms with van der Waals surface area (Å²) in [4.78, 5) is 38.9. The van der Waals surface area contributed by atoms with E-state index in [4.69, 9.17) is 11.5 Å². The van der Waals surface area contributed by atoms with Crippen molar-refractivity contribution < 1.29 is 14.4 Å². The molecule has 1 heterocycles. The van der Waals surface area contributed by atoms with Gasteiger partial charge in [0, 0.05) is 13.1 Å². The van der Waals surface area contributed by atoms with Crippen molar-refractivity contribution in [3.63, 3.8) is 0 Å². The van der Waals surface area contributed by atoms with Gasteiger partial charge in [0.1, 0.15) is 6.04 Å². The number of carbonyl (C=O) groups is 2. The number of unbranched alkanes of at least 4 members (excludes halogenated alkanes) is 1. The zero-order valence-corrected chi connectivity index (χ0v) is 13.3. The molecule has 0 aromatic heterocycles. The average molecular weight is 311 g/mol. The first kappa shape index (κ1) is 18.6. The maximum Gasteiger partial charge on any atom is 0.246 e. The van der Waals surface area contributed by atoms with Gasteiger partial charge in [0.2, 0.25) is 18.1 Å². The number of hydrogen-bond acceptors (Lipinski definition) is 5. The van der Waals surface area contributed by atoms with Crippen LogP contribution in [0.2, 0.25) is 0 Å². The molecule has 1 aliphatic rings. The number of nitrogens with zero attached hydrogens (tertiary/aromatic N) is 2. The van der Waals surface area contributed by atoms with E-state index in [1.54, 1.807) is 4.90 Å². The Morgan fingerprint density at radius 3 is 2.64 bits per heavy atom. The molecule has 7 heteroatoms. The summed E-state index contributed by atoms with van der Waals surface area (Å²) in [5.74, 6) is -0.425. The fourth-order valence-electron chi connectivity index (χ4n) is 2.93. The van der Waals surface area contributed by atoms with Gasteiger partial charge >= 0.3 is 0 Å². The minimum Gasteiger partial charge on any atom is -0.330 e. The van der Waals surface area contributed by atoms with Crippen LogP contribution in [-0.2, 0) is 14.4 Å². The van der Waals surface area contributed by atoms with Crippen molar-refractivity contribution in [3.05, 3.63) is 0 Å². The van der Waals surface area contributed by atoms with Crippen LogP contribution in [0.4, 0.5) is 0 Å². The molecule has 0 spiro atoms. The second kappa shape index (κ2) is 9.53. The molecule has 0 aromatic carbocycles. The summed E-state index contributed by atoms with van der Waals surface area (Å²) >= 11 is 0. The van der Waals surface area contributed by atoms with Gasteiger partial charge in [0.15, 0.2) is 0 Å². The average Bonchev–Trinajstić information content (AvgIpc) is 3.01. The Kier molecular flexibility index (Phi) is 8.05. The van der Waals surface area contributed by atoms with E-state index in [1.807, 2.05) is 13.2 Å². The fraction of sp³-hybridized carbons (Fsp3) is 0.800. The molecule has 1 saturated heterocycles. The third kappa shape index (κ3) is 4.51. The molecule has 125 valence electrons. The molecule has 0 aromatic rings. The third-order valence-electron chi connectivity index (χ3n) is 4.10. The Morgan fingerprint density at radius 1 is 1.36 bits per heavy atom. The van der Waals surface area contributed by atoms with Crippen LogP contribution in [0.25, 0.3) is 0 Å². The first-order chi connectivity index (χ1) is 10.6. The highest BCUT2D eigenvalue weighted by Gasteiger charge is 2.36. The van der Waals surface area contributed by atoms with Crippen molar-refractivity contribution in [3.8, 4) is 0 Å². The van der Waals surface area contributed by atoms with Gasteiger partial charge in [-0.15, -0.1) is 0 Å². The molecule has 0 saturated carbocycles. The molecule has 1 radical (unpaired) electrons. The van der Waals surface area contributed by atoms with Gasteiger partial charge in [-0.25, -0.2) is 0 Å². The smallest absolute Gasteiger partial charge is 0.246 e. The lowest BCUT2D eigenvalue weighted by Gasteiger charge is -2.33. The van der Waals surface area contributed by atoms with E-state index in [2.05, 4.69) is 0 Å². The monoisotopic (exact) mass is 311 g/mol. The molecule has 1 aliphatic heterocycles. The standard InChI is InChI=1S/C15H27N4O3/c1-2-18(14(21)10-17)13(7-3-4-8-16)15(22)19-9-5-6-12(19)11-20/h12-13H,2-10,16-17H2,1H3/t12-,13-/m0/s1. The van der Waals surface area contributed by atoms with Crippen LogP contribution in [0.5, 0.6) is 0 Å². The molecular weight excluding hydrogens is 284 g/mol. The van der Waals surface area contributed by atoms with Crippen molar-refractivity contribution in [2.75, 3.05) is 26.2 Å². The number of likely N-dealkylation sites (tertiary alicyclic amines) is 1. The lowest BCUT2D eigenvalue weighted by molar-refractivity contribution is -0.145. The van der Waals surface area contributed by atoms with Crippen LogP contribution < -0.4 is 11.5 Å². The van der Waals surface area contributed by atoms with Gasteiger partial charge in [-0.3, -0.25) is 14.4 Å². The van der Waals surface area contributed by atoms with Crippen LogP contribution in [-0.4, -0.2) is 66.2 Å². The molecule has 1 rings (SSSR count). The van der Waals surface area contributed by atoms with Crippen LogP contribution in [0.1, 0.15) is 39.0 Å². The Morgan fingerprint density at radius 2 is 2.09 bits per heavy atom. The Balaban J connectivity index is 2.89. The van der Waals surface area contributed by atoms with Crippen LogP contribution in [0, 0.1) is 0 Å². The van der Waals surface area contributed by atoms with E-state index in [1.165, 1.54) is 4.90 Å². The Bertz CT molecular complexity index is 389. The van der Waals surface area contributed by atoms with E-state index in [-0.39, 0.29) is 18.4 Å². The van der Waals surface area contributed by atoms with Crippen LogP contribution >= 0.6 is 0 Å². The topological polar surface area (TPSA) is 110 Å². The fourth-order valence-corrected chi connectivity index (χ4v) is 2.93. The first-order valence-electron chi connectivity index (χ1n) is 7.98. The number of amides is 2. The van der Waals surface area contributed by atoms with E-state index < -0.39 is 12.1 Å². The second-order valence-electron chi connectivity index (χ2n) is 5.49. The van der Waals surface area contributed by atoms with Crippen molar-refractivity contribution in [1.29, 1.82) is 0 Å². The highest BCUT2D eigenvalue weighted by atomic mass is 16.2. The van der Waals surface area contributed by atoms with Crippen molar-refractivity contribution in [2.45, 2.75) is 51.1 Å². The lowest BCUT2D eigenvalue weighted by Crippen LogP contribution is -2.53. The zero-order chi connectivity index (χ0) is 16.5. The van der Waals surface area contributed by atoms with Crippen molar-refractivity contribution in [2.24, 2.45) is 11.5 Å². The number of rotatable bonds is 9. The third-order valence-corrected chi connectivity index (χ3v) is 4.10. The molecule has 0 bridgehead atoms. The lowest BCUT2D eigenvalue weighted by atomic mass is 10.1. The van der Waals surface area contributed by atoms with E-state index in [0.29, 0.717) is 32.5 Å². The molecule has 2 atom stereocenters. The summed E-state index contributed by atoms with van der Waals surface area (Å²) in [7, 11) is 0.